The highest BCUT2D eigenvalue weighted by molar-refractivity contribution is 8.00. The molecule has 1 atom stereocenters. The third-order valence-electron chi connectivity index (χ3n) is 6.16. The van der Waals surface area contributed by atoms with Gasteiger partial charge in [-0.2, -0.15) is 0 Å². The van der Waals surface area contributed by atoms with Gasteiger partial charge in [-0.15, -0.1) is 23.1 Å². The van der Waals surface area contributed by atoms with E-state index in [-0.39, 0.29) is 17.2 Å². The first-order valence-electron chi connectivity index (χ1n) is 11.1. The number of rotatable bonds is 6. The first-order chi connectivity index (χ1) is 16.5. The summed E-state index contributed by atoms with van der Waals surface area (Å²) in [4.78, 5) is 40.9. The molecule has 1 fully saturated rings. The molecule has 1 aliphatic heterocycles. The van der Waals surface area contributed by atoms with Crippen LogP contribution in [0.5, 0.6) is 0 Å². The molecule has 8 heteroatoms. The van der Waals surface area contributed by atoms with Gasteiger partial charge < -0.3 is 15.0 Å². The van der Waals surface area contributed by atoms with E-state index in [1.165, 1.54) is 18.4 Å². The Kier molecular flexibility index (Phi) is 6.43. The van der Waals surface area contributed by atoms with Crippen molar-refractivity contribution in [3.63, 3.8) is 0 Å². The summed E-state index contributed by atoms with van der Waals surface area (Å²) in [6.07, 6.45) is 2.77. The third kappa shape index (κ3) is 4.35. The van der Waals surface area contributed by atoms with Gasteiger partial charge in [0.1, 0.15) is 10.4 Å². The number of fused-ring (bicyclic) bond motifs is 1. The molecule has 2 heterocycles. The summed E-state index contributed by atoms with van der Waals surface area (Å²) >= 11 is 3.05. The summed E-state index contributed by atoms with van der Waals surface area (Å²) in [7, 11) is 1.36. The summed E-state index contributed by atoms with van der Waals surface area (Å²) < 4.78 is 4.96. The van der Waals surface area contributed by atoms with Gasteiger partial charge in [0.2, 0.25) is 5.91 Å². The van der Waals surface area contributed by atoms with E-state index in [2.05, 4.69) is 5.32 Å². The fourth-order valence-electron chi connectivity index (χ4n) is 4.47. The lowest BCUT2D eigenvalue weighted by molar-refractivity contribution is -0.128. The minimum absolute atomic E-state index is 0.0870. The van der Waals surface area contributed by atoms with Crippen molar-refractivity contribution in [1.29, 1.82) is 0 Å². The highest BCUT2D eigenvalue weighted by atomic mass is 32.2. The molecule has 2 amide bonds. The Bertz CT molecular complexity index is 1240. The Morgan fingerprint density at radius 1 is 1.09 bits per heavy atom. The smallest absolute Gasteiger partial charge is 0.341 e. The van der Waals surface area contributed by atoms with Crippen LogP contribution < -0.4 is 5.32 Å². The van der Waals surface area contributed by atoms with E-state index in [9.17, 15) is 14.4 Å². The summed E-state index contributed by atoms with van der Waals surface area (Å²) in [5, 5.41) is 3.38. The number of esters is 1. The third-order valence-corrected chi connectivity index (χ3v) is 8.62. The van der Waals surface area contributed by atoms with Crippen LogP contribution in [-0.4, -0.2) is 35.5 Å². The molecule has 3 aromatic rings. The van der Waals surface area contributed by atoms with Crippen molar-refractivity contribution < 1.29 is 19.1 Å². The van der Waals surface area contributed by atoms with Gasteiger partial charge in [-0.05, 0) is 48.1 Å². The largest absolute Gasteiger partial charge is 0.465 e. The first kappa shape index (κ1) is 22.7. The summed E-state index contributed by atoms with van der Waals surface area (Å²) in [6.45, 7) is 0.554. The van der Waals surface area contributed by atoms with Crippen LogP contribution in [0.25, 0.3) is 0 Å². The first-order valence-corrected chi connectivity index (χ1v) is 13.0. The van der Waals surface area contributed by atoms with Gasteiger partial charge >= 0.3 is 5.97 Å². The second kappa shape index (κ2) is 9.64. The van der Waals surface area contributed by atoms with Gasteiger partial charge in [-0.25, -0.2) is 4.79 Å². The molecule has 0 radical (unpaired) electrons. The standard InChI is InChI=1S/C26H24N2O4S2/c1-32-26(31)22-19-8-5-9-20(19)34-24(22)27-23(30)17-10-12-18(13-11-17)25-28(21(29)15-33-25)14-16-6-3-2-4-7-16/h2-4,6-7,10-13,25H,5,8-9,14-15H2,1H3,(H,27,30)/t25-/m1/s1. The van der Waals surface area contributed by atoms with Crippen molar-refractivity contribution in [2.24, 2.45) is 0 Å². The number of benzene rings is 2. The van der Waals surface area contributed by atoms with Crippen LogP contribution >= 0.6 is 23.1 Å². The highest BCUT2D eigenvalue weighted by Crippen LogP contribution is 2.41. The second-order valence-corrected chi connectivity index (χ2v) is 10.5. The maximum Gasteiger partial charge on any atom is 0.341 e. The number of nitrogens with one attached hydrogen (secondary N) is 1. The van der Waals surface area contributed by atoms with Crippen molar-refractivity contribution >= 4 is 45.9 Å². The number of aryl methyl sites for hydroxylation is 1. The van der Waals surface area contributed by atoms with Crippen LogP contribution in [0, 0.1) is 0 Å². The fourth-order valence-corrected chi connectivity index (χ4v) is 6.93. The lowest BCUT2D eigenvalue weighted by Crippen LogP contribution is -2.27. The van der Waals surface area contributed by atoms with E-state index < -0.39 is 5.97 Å². The van der Waals surface area contributed by atoms with Gasteiger partial charge in [0, 0.05) is 17.0 Å². The Hall–Kier alpha value is -3.10. The van der Waals surface area contributed by atoms with Crippen molar-refractivity contribution in [3.05, 3.63) is 87.3 Å². The second-order valence-electron chi connectivity index (χ2n) is 8.30. The molecule has 1 aromatic heterocycles. The van der Waals surface area contributed by atoms with Crippen LogP contribution in [-0.2, 0) is 28.9 Å². The summed E-state index contributed by atoms with van der Waals surface area (Å²) in [5.41, 5.74) is 4.06. The van der Waals surface area contributed by atoms with Crippen molar-refractivity contribution in [1.82, 2.24) is 4.90 Å². The fraction of sp³-hybridized carbons (Fsp3) is 0.269. The molecule has 0 bridgehead atoms. The minimum Gasteiger partial charge on any atom is -0.465 e. The molecule has 2 aromatic carbocycles. The minimum atomic E-state index is -0.411. The van der Waals surface area contributed by atoms with E-state index in [4.69, 9.17) is 4.74 Å². The number of hydrogen-bond acceptors (Lipinski definition) is 6. The van der Waals surface area contributed by atoms with Crippen LogP contribution in [0.1, 0.15) is 54.1 Å². The van der Waals surface area contributed by atoms with Gasteiger partial charge in [0.25, 0.3) is 5.91 Å². The zero-order valence-corrected chi connectivity index (χ0v) is 20.3. The van der Waals surface area contributed by atoms with Gasteiger partial charge in [-0.1, -0.05) is 42.5 Å². The van der Waals surface area contributed by atoms with Crippen molar-refractivity contribution in [2.45, 2.75) is 31.2 Å². The number of nitrogens with zero attached hydrogens (tertiary/aromatic N) is 1. The van der Waals surface area contributed by atoms with Crippen molar-refractivity contribution in [2.75, 3.05) is 18.2 Å². The molecule has 0 spiro atoms. The molecular formula is C26H24N2O4S2. The average Bonchev–Trinajstić information content (AvgIpc) is 3.54. The maximum absolute atomic E-state index is 13.0. The van der Waals surface area contributed by atoms with E-state index >= 15 is 0 Å². The Balaban J connectivity index is 1.32. The number of hydrogen-bond donors (Lipinski definition) is 1. The zero-order valence-electron chi connectivity index (χ0n) is 18.7. The molecule has 1 saturated heterocycles. The molecule has 0 unspecified atom stereocenters. The number of thioether (sulfide) groups is 1. The van der Waals surface area contributed by atoms with Gasteiger partial charge in [0.05, 0.1) is 18.4 Å². The van der Waals surface area contributed by atoms with Crippen LogP contribution in [0.15, 0.2) is 54.6 Å². The van der Waals surface area contributed by atoms with Gasteiger partial charge in [0.15, 0.2) is 0 Å². The molecule has 34 heavy (non-hydrogen) atoms. The SMILES string of the molecule is COC(=O)c1c(NC(=O)c2ccc([C@H]3SCC(=O)N3Cc3ccccc3)cc2)sc2c1CCC2. The van der Waals surface area contributed by atoms with E-state index in [0.717, 1.165) is 40.8 Å². The quantitative estimate of drug-likeness (QED) is 0.488. The predicted molar refractivity (Wildman–Crippen MR) is 134 cm³/mol. The maximum atomic E-state index is 13.0. The normalized spacial score (nSPS) is 17.0. The number of methoxy groups -OCH3 is 1. The molecular weight excluding hydrogens is 468 g/mol. The lowest BCUT2D eigenvalue weighted by atomic mass is 10.1. The number of anilines is 1. The van der Waals surface area contributed by atoms with E-state index in [1.807, 2.05) is 47.4 Å². The van der Waals surface area contributed by atoms with Gasteiger partial charge in [-0.3, -0.25) is 9.59 Å². The summed E-state index contributed by atoms with van der Waals surface area (Å²) in [6, 6.07) is 17.3. The zero-order chi connectivity index (χ0) is 23.7. The molecule has 1 aliphatic carbocycles. The number of carbonyl (C=O) groups excluding carboxylic acids is 3. The van der Waals surface area contributed by atoms with Crippen LogP contribution in [0.3, 0.4) is 0 Å². The van der Waals surface area contributed by atoms with Crippen LogP contribution in [0.2, 0.25) is 0 Å². The molecule has 1 N–H and O–H groups in total. The molecule has 5 rings (SSSR count). The van der Waals surface area contributed by atoms with E-state index in [0.29, 0.717) is 28.4 Å². The van der Waals surface area contributed by atoms with E-state index in [1.54, 1.807) is 23.9 Å². The predicted octanol–water partition coefficient (Wildman–Crippen LogP) is 5.05. The molecule has 2 aliphatic rings. The topological polar surface area (TPSA) is 75.7 Å². The molecule has 174 valence electrons. The number of ether oxygens (including phenoxy) is 1. The lowest BCUT2D eigenvalue weighted by Gasteiger charge is -2.24. The Morgan fingerprint density at radius 3 is 2.59 bits per heavy atom. The monoisotopic (exact) mass is 492 g/mol. The highest BCUT2D eigenvalue weighted by Gasteiger charge is 2.33. The number of amides is 2. The number of carbonyl (C=O) groups is 3. The summed E-state index contributed by atoms with van der Waals surface area (Å²) in [5.74, 6) is -0.125. The van der Waals surface area contributed by atoms with Crippen LogP contribution in [0.4, 0.5) is 5.00 Å². The Labute approximate surface area is 206 Å². The number of thiophene rings is 1. The molecule has 0 saturated carbocycles. The van der Waals surface area contributed by atoms with Crippen molar-refractivity contribution in [3.8, 4) is 0 Å². The average molecular weight is 493 g/mol. The Morgan fingerprint density at radius 2 is 1.85 bits per heavy atom. The molecule has 6 nitrogen and oxygen atoms in total.